The fourth-order valence-electron chi connectivity index (χ4n) is 3.41. The zero-order valence-corrected chi connectivity index (χ0v) is 16.9. The molecule has 0 radical (unpaired) electrons. The van der Waals surface area contributed by atoms with Gasteiger partial charge in [0, 0.05) is 11.3 Å². The van der Waals surface area contributed by atoms with Crippen LogP contribution in [-0.4, -0.2) is 16.3 Å². The summed E-state index contributed by atoms with van der Waals surface area (Å²) in [5, 5.41) is 12.3. The van der Waals surface area contributed by atoms with Crippen LogP contribution < -0.4 is 10.1 Å². The summed E-state index contributed by atoms with van der Waals surface area (Å²) < 4.78 is 11.9. The molecule has 28 heavy (non-hydrogen) atoms. The van der Waals surface area contributed by atoms with Crippen LogP contribution in [-0.2, 0) is 0 Å². The van der Waals surface area contributed by atoms with E-state index in [-0.39, 0.29) is 12.1 Å². The van der Waals surface area contributed by atoms with Crippen molar-refractivity contribution in [3.8, 4) is 17.2 Å². The van der Waals surface area contributed by atoms with Gasteiger partial charge in [-0.15, -0.1) is 10.2 Å². The van der Waals surface area contributed by atoms with Crippen LogP contribution in [0.3, 0.4) is 0 Å². The lowest BCUT2D eigenvalue weighted by Crippen LogP contribution is -2.11. The summed E-state index contributed by atoms with van der Waals surface area (Å²) in [5.41, 5.74) is 2.98. The number of ether oxygens (including phenoxy) is 1. The number of hydrogen-bond donors (Lipinski definition) is 1. The molecule has 0 unspecified atom stereocenters. The summed E-state index contributed by atoms with van der Waals surface area (Å²) in [6.45, 7) is 4.02. The first-order chi connectivity index (χ1) is 13.6. The van der Waals surface area contributed by atoms with E-state index in [0.29, 0.717) is 16.8 Å². The first-order valence-corrected chi connectivity index (χ1v) is 10.1. The van der Waals surface area contributed by atoms with Gasteiger partial charge < -0.3 is 14.5 Å². The predicted octanol–water partition coefficient (Wildman–Crippen LogP) is 6.19. The van der Waals surface area contributed by atoms with Crippen LogP contribution in [0.4, 0.5) is 5.69 Å². The fraction of sp³-hybridized carbons (Fsp3) is 0.364. The molecular formula is C22H24ClN3O2. The molecule has 0 amide bonds. The molecule has 1 N–H and O–H groups in total. The molecule has 6 heteroatoms. The average Bonchev–Trinajstić information content (AvgIpc) is 3.37. The quantitative estimate of drug-likeness (QED) is 0.537. The SMILES string of the molecule is Cc1ccc(-c2nnc([C@H](C)Nc3ccc(OC4CCCC4)c(Cl)c3)o2)cc1. The van der Waals surface area contributed by atoms with Crippen LogP contribution in [0, 0.1) is 6.92 Å². The van der Waals surface area contributed by atoms with Gasteiger partial charge in [0.15, 0.2) is 0 Å². The Morgan fingerprint density at radius 3 is 2.57 bits per heavy atom. The fourth-order valence-corrected chi connectivity index (χ4v) is 3.63. The Balaban J connectivity index is 1.42. The van der Waals surface area contributed by atoms with E-state index in [9.17, 15) is 0 Å². The number of nitrogens with zero attached hydrogens (tertiary/aromatic N) is 2. The van der Waals surface area contributed by atoms with Crippen molar-refractivity contribution in [1.82, 2.24) is 10.2 Å². The normalized spacial score (nSPS) is 15.5. The summed E-state index contributed by atoms with van der Waals surface area (Å²) in [5.74, 6) is 1.78. The molecule has 1 aromatic heterocycles. The molecule has 1 fully saturated rings. The number of halogens is 1. The van der Waals surface area contributed by atoms with Crippen molar-refractivity contribution in [3.63, 3.8) is 0 Å². The molecule has 2 aromatic carbocycles. The van der Waals surface area contributed by atoms with Crippen molar-refractivity contribution in [2.45, 2.75) is 51.7 Å². The van der Waals surface area contributed by atoms with Gasteiger partial charge in [-0.3, -0.25) is 0 Å². The third kappa shape index (κ3) is 4.30. The first kappa shape index (κ1) is 18.8. The van der Waals surface area contributed by atoms with E-state index in [4.69, 9.17) is 20.8 Å². The number of hydrogen-bond acceptors (Lipinski definition) is 5. The Morgan fingerprint density at radius 1 is 1.11 bits per heavy atom. The molecule has 1 aliphatic rings. The van der Waals surface area contributed by atoms with E-state index in [1.54, 1.807) is 0 Å². The third-order valence-electron chi connectivity index (χ3n) is 5.02. The zero-order chi connectivity index (χ0) is 19.5. The van der Waals surface area contributed by atoms with Gasteiger partial charge in [-0.1, -0.05) is 29.3 Å². The van der Waals surface area contributed by atoms with Gasteiger partial charge in [-0.05, 0) is 69.9 Å². The minimum absolute atomic E-state index is 0.149. The average molecular weight is 398 g/mol. The molecule has 0 saturated heterocycles. The standard InChI is InChI=1S/C22H24ClN3O2/c1-14-7-9-16(10-8-14)22-26-25-21(28-22)15(2)24-17-11-12-20(19(23)13-17)27-18-5-3-4-6-18/h7-13,15,18,24H,3-6H2,1-2H3/t15-/m0/s1. The molecular weight excluding hydrogens is 374 g/mol. The maximum absolute atomic E-state index is 6.42. The second kappa shape index (κ2) is 8.23. The monoisotopic (exact) mass is 397 g/mol. The van der Waals surface area contributed by atoms with Crippen molar-refractivity contribution < 1.29 is 9.15 Å². The lowest BCUT2D eigenvalue weighted by Gasteiger charge is -2.16. The highest BCUT2D eigenvalue weighted by Gasteiger charge is 2.19. The van der Waals surface area contributed by atoms with Crippen LogP contribution in [0.15, 0.2) is 46.9 Å². The van der Waals surface area contributed by atoms with Crippen LogP contribution in [0.1, 0.15) is 50.1 Å². The highest BCUT2D eigenvalue weighted by molar-refractivity contribution is 6.32. The molecule has 1 atom stereocenters. The molecule has 3 aromatic rings. The Bertz CT molecular complexity index is 933. The number of rotatable bonds is 6. The largest absolute Gasteiger partial charge is 0.489 e. The summed E-state index contributed by atoms with van der Waals surface area (Å²) >= 11 is 6.42. The molecule has 0 aliphatic heterocycles. The highest BCUT2D eigenvalue weighted by Crippen LogP contribution is 2.33. The van der Waals surface area contributed by atoms with Crippen LogP contribution in [0.25, 0.3) is 11.5 Å². The summed E-state index contributed by atoms with van der Waals surface area (Å²) in [6.07, 6.45) is 4.96. The van der Waals surface area contributed by atoms with E-state index >= 15 is 0 Å². The topological polar surface area (TPSA) is 60.2 Å². The summed E-state index contributed by atoms with van der Waals surface area (Å²) in [6, 6.07) is 13.6. The highest BCUT2D eigenvalue weighted by atomic mass is 35.5. The molecule has 146 valence electrons. The van der Waals surface area contributed by atoms with Crippen molar-refractivity contribution in [3.05, 3.63) is 58.9 Å². The molecule has 5 nitrogen and oxygen atoms in total. The van der Waals surface area contributed by atoms with E-state index in [0.717, 1.165) is 29.8 Å². The smallest absolute Gasteiger partial charge is 0.247 e. The molecule has 1 heterocycles. The van der Waals surface area contributed by atoms with Crippen molar-refractivity contribution in [2.24, 2.45) is 0 Å². The number of aromatic nitrogens is 2. The van der Waals surface area contributed by atoms with Crippen molar-refractivity contribution >= 4 is 17.3 Å². The second-order valence-electron chi connectivity index (χ2n) is 7.35. The molecule has 0 bridgehead atoms. The minimum Gasteiger partial charge on any atom is -0.489 e. The molecule has 1 saturated carbocycles. The number of aryl methyl sites for hydroxylation is 1. The zero-order valence-electron chi connectivity index (χ0n) is 16.1. The Labute approximate surface area is 170 Å². The second-order valence-corrected chi connectivity index (χ2v) is 7.75. The van der Waals surface area contributed by atoms with Crippen LogP contribution in [0.2, 0.25) is 5.02 Å². The van der Waals surface area contributed by atoms with Crippen LogP contribution in [0.5, 0.6) is 5.75 Å². The number of benzene rings is 2. The molecule has 4 rings (SSSR count). The Hall–Kier alpha value is -2.53. The summed E-state index contributed by atoms with van der Waals surface area (Å²) in [4.78, 5) is 0. The maximum atomic E-state index is 6.42. The van der Waals surface area contributed by atoms with Crippen LogP contribution >= 0.6 is 11.6 Å². The minimum atomic E-state index is -0.149. The maximum Gasteiger partial charge on any atom is 0.247 e. The van der Waals surface area contributed by atoms with Gasteiger partial charge in [0.25, 0.3) is 0 Å². The van der Waals surface area contributed by atoms with E-state index in [1.165, 1.54) is 18.4 Å². The third-order valence-corrected chi connectivity index (χ3v) is 5.32. The summed E-state index contributed by atoms with van der Waals surface area (Å²) in [7, 11) is 0. The van der Waals surface area contributed by atoms with Crippen molar-refractivity contribution in [1.29, 1.82) is 0 Å². The number of nitrogens with one attached hydrogen (secondary N) is 1. The molecule has 0 spiro atoms. The number of anilines is 1. The Morgan fingerprint density at radius 2 is 1.86 bits per heavy atom. The lowest BCUT2D eigenvalue weighted by molar-refractivity contribution is 0.210. The van der Waals surface area contributed by atoms with Crippen molar-refractivity contribution in [2.75, 3.05) is 5.32 Å². The molecule has 1 aliphatic carbocycles. The first-order valence-electron chi connectivity index (χ1n) is 9.71. The predicted molar refractivity (Wildman–Crippen MR) is 111 cm³/mol. The van der Waals surface area contributed by atoms with Gasteiger partial charge in [0.1, 0.15) is 11.8 Å². The lowest BCUT2D eigenvalue weighted by atomic mass is 10.1. The van der Waals surface area contributed by atoms with Gasteiger partial charge in [0.05, 0.1) is 11.1 Å². The Kier molecular flexibility index (Phi) is 5.53. The van der Waals surface area contributed by atoms with Gasteiger partial charge >= 0.3 is 0 Å². The van der Waals surface area contributed by atoms with E-state index in [1.807, 2.05) is 56.3 Å². The van der Waals surface area contributed by atoms with E-state index in [2.05, 4.69) is 15.5 Å². The van der Waals surface area contributed by atoms with E-state index < -0.39 is 0 Å². The van der Waals surface area contributed by atoms with Gasteiger partial charge in [-0.2, -0.15) is 0 Å². The van der Waals surface area contributed by atoms with Gasteiger partial charge in [0.2, 0.25) is 11.8 Å². The van der Waals surface area contributed by atoms with Gasteiger partial charge in [-0.25, -0.2) is 0 Å².